The van der Waals surface area contributed by atoms with Crippen molar-refractivity contribution >= 4 is 5.97 Å². The standard InChI is InChI=1S/C9H6F8N2O3/c1-22-2-19-4(6(20)21)3(5(18-19)8(12,13)14)7(10,11)9(15,16)17/h2H2,1H3,(H,20,21). The lowest BCUT2D eigenvalue weighted by Crippen LogP contribution is -2.36. The summed E-state index contributed by atoms with van der Waals surface area (Å²) in [5, 5.41) is 11.2. The predicted molar refractivity (Wildman–Crippen MR) is 51.1 cm³/mol. The van der Waals surface area contributed by atoms with E-state index in [1.165, 1.54) is 0 Å². The summed E-state index contributed by atoms with van der Waals surface area (Å²) in [4.78, 5) is 10.8. The molecule has 1 N–H and O–H groups in total. The Hall–Kier alpha value is -1.92. The summed E-state index contributed by atoms with van der Waals surface area (Å²) >= 11 is 0. The van der Waals surface area contributed by atoms with Gasteiger partial charge in [-0.15, -0.1) is 0 Å². The second kappa shape index (κ2) is 5.37. The molecule has 1 aromatic rings. The lowest BCUT2D eigenvalue weighted by molar-refractivity contribution is -0.291. The van der Waals surface area contributed by atoms with Crippen molar-refractivity contribution in [2.24, 2.45) is 0 Å². The number of hydrogen-bond acceptors (Lipinski definition) is 3. The molecule has 0 aromatic carbocycles. The molecule has 1 heterocycles. The van der Waals surface area contributed by atoms with Gasteiger partial charge in [-0.1, -0.05) is 0 Å². The number of ether oxygens (including phenoxy) is 1. The number of alkyl halides is 8. The quantitative estimate of drug-likeness (QED) is 0.855. The molecule has 5 nitrogen and oxygen atoms in total. The van der Waals surface area contributed by atoms with Crippen molar-refractivity contribution in [3.63, 3.8) is 0 Å². The van der Waals surface area contributed by atoms with Gasteiger partial charge in [-0.25, -0.2) is 9.48 Å². The monoisotopic (exact) mass is 342 g/mol. The van der Waals surface area contributed by atoms with E-state index in [0.29, 0.717) is 0 Å². The molecule has 22 heavy (non-hydrogen) atoms. The molecule has 0 fully saturated rings. The first kappa shape index (κ1) is 18.1. The van der Waals surface area contributed by atoms with Crippen molar-refractivity contribution in [1.29, 1.82) is 0 Å². The molecule has 0 atom stereocenters. The van der Waals surface area contributed by atoms with Crippen LogP contribution in [0.15, 0.2) is 0 Å². The molecule has 0 saturated carbocycles. The zero-order valence-electron chi connectivity index (χ0n) is 10.4. The average molecular weight is 342 g/mol. The van der Waals surface area contributed by atoms with Crippen LogP contribution in [-0.4, -0.2) is 34.1 Å². The van der Waals surface area contributed by atoms with E-state index in [4.69, 9.17) is 5.11 Å². The molecule has 0 aliphatic heterocycles. The normalized spacial score (nSPS) is 13.5. The molecule has 0 aliphatic carbocycles. The maximum Gasteiger partial charge on any atom is 0.458 e. The minimum Gasteiger partial charge on any atom is -0.477 e. The third-order valence-electron chi connectivity index (χ3n) is 2.34. The molecule has 0 radical (unpaired) electrons. The number of carboxylic acids is 1. The lowest BCUT2D eigenvalue weighted by atomic mass is 10.0. The fourth-order valence-corrected chi connectivity index (χ4v) is 1.53. The van der Waals surface area contributed by atoms with E-state index in [0.717, 1.165) is 7.11 Å². The molecular weight excluding hydrogens is 336 g/mol. The van der Waals surface area contributed by atoms with E-state index in [1.54, 1.807) is 0 Å². The lowest BCUT2D eigenvalue weighted by Gasteiger charge is -2.21. The van der Waals surface area contributed by atoms with Crippen LogP contribution in [0, 0.1) is 0 Å². The Bertz CT molecular complexity index is 575. The molecule has 126 valence electrons. The first-order valence-electron chi connectivity index (χ1n) is 5.10. The van der Waals surface area contributed by atoms with Crippen LogP contribution in [0.2, 0.25) is 0 Å². The van der Waals surface area contributed by atoms with Crippen molar-refractivity contribution in [3.05, 3.63) is 17.0 Å². The molecule has 0 amide bonds. The second-order valence-electron chi connectivity index (χ2n) is 3.86. The van der Waals surface area contributed by atoms with Gasteiger partial charge < -0.3 is 9.84 Å². The highest BCUT2D eigenvalue weighted by Gasteiger charge is 2.64. The summed E-state index contributed by atoms with van der Waals surface area (Å²) in [5.74, 6) is -8.52. The SMILES string of the molecule is COCn1nc(C(F)(F)F)c(C(F)(F)C(F)(F)F)c1C(=O)O. The molecule has 0 bridgehead atoms. The summed E-state index contributed by atoms with van der Waals surface area (Å²) in [5.41, 5.74) is -7.39. The fraction of sp³-hybridized carbons (Fsp3) is 0.556. The summed E-state index contributed by atoms with van der Waals surface area (Å²) in [6.07, 6.45) is -12.2. The molecule has 0 unspecified atom stereocenters. The van der Waals surface area contributed by atoms with Gasteiger partial charge in [0.2, 0.25) is 0 Å². The maximum absolute atomic E-state index is 13.3. The Labute approximate surface area is 116 Å². The smallest absolute Gasteiger partial charge is 0.458 e. The zero-order chi connectivity index (χ0) is 17.5. The minimum absolute atomic E-state index is 0.236. The molecular formula is C9H6F8N2O3. The van der Waals surface area contributed by atoms with Gasteiger partial charge in [0.05, 0.1) is 5.56 Å². The highest BCUT2D eigenvalue weighted by molar-refractivity contribution is 5.88. The van der Waals surface area contributed by atoms with Gasteiger partial charge in [0.25, 0.3) is 0 Å². The van der Waals surface area contributed by atoms with Crippen LogP contribution in [0.5, 0.6) is 0 Å². The number of hydrogen-bond donors (Lipinski definition) is 1. The van der Waals surface area contributed by atoms with Gasteiger partial charge in [-0.2, -0.15) is 40.2 Å². The Balaban J connectivity index is 3.82. The average Bonchev–Trinajstić information content (AvgIpc) is 2.67. The molecule has 0 spiro atoms. The van der Waals surface area contributed by atoms with Gasteiger partial charge in [0, 0.05) is 7.11 Å². The Morgan fingerprint density at radius 2 is 1.68 bits per heavy atom. The van der Waals surface area contributed by atoms with Crippen LogP contribution in [0.25, 0.3) is 0 Å². The summed E-state index contributed by atoms with van der Waals surface area (Å²) in [6, 6.07) is 0. The maximum atomic E-state index is 13.3. The Kier molecular flexibility index (Phi) is 4.43. The number of aromatic carboxylic acids is 1. The zero-order valence-corrected chi connectivity index (χ0v) is 10.4. The molecule has 0 saturated heterocycles. The number of halogens is 8. The third-order valence-corrected chi connectivity index (χ3v) is 2.34. The summed E-state index contributed by atoms with van der Waals surface area (Å²) < 4.78 is 106. The largest absolute Gasteiger partial charge is 0.477 e. The van der Waals surface area contributed by atoms with Crippen molar-refractivity contribution in [2.45, 2.75) is 25.0 Å². The van der Waals surface area contributed by atoms with E-state index < -0.39 is 47.9 Å². The highest BCUT2D eigenvalue weighted by Crippen LogP contribution is 2.49. The van der Waals surface area contributed by atoms with E-state index in [9.17, 15) is 39.9 Å². The number of rotatable bonds is 4. The van der Waals surface area contributed by atoms with Crippen molar-refractivity contribution < 1.29 is 49.8 Å². The number of nitrogens with zero attached hydrogens (tertiary/aromatic N) is 2. The van der Waals surface area contributed by atoms with Gasteiger partial charge in [-0.05, 0) is 0 Å². The fourth-order valence-electron chi connectivity index (χ4n) is 1.53. The Morgan fingerprint density at radius 3 is 2.00 bits per heavy atom. The number of methoxy groups -OCH3 is 1. The van der Waals surface area contributed by atoms with Gasteiger partial charge in [0.15, 0.2) is 11.4 Å². The van der Waals surface area contributed by atoms with E-state index in [-0.39, 0.29) is 4.68 Å². The van der Waals surface area contributed by atoms with E-state index in [2.05, 4.69) is 9.84 Å². The van der Waals surface area contributed by atoms with E-state index in [1.807, 2.05) is 0 Å². The van der Waals surface area contributed by atoms with Crippen LogP contribution >= 0.6 is 0 Å². The highest BCUT2D eigenvalue weighted by atomic mass is 19.4. The van der Waals surface area contributed by atoms with Crippen LogP contribution in [0.1, 0.15) is 21.7 Å². The second-order valence-corrected chi connectivity index (χ2v) is 3.86. The molecule has 0 aliphatic rings. The summed E-state index contributed by atoms with van der Waals surface area (Å²) in [6.45, 7) is -1.07. The molecule has 1 aromatic heterocycles. The minimum atomic E-state index is -6.45. The Morgan fingerprint density at radius 1 is 1.18 bits per heavy atom. The number of aromatic nitrogens is 2. The van der Waals surface area contributed by atoms with Crippen molar-refractivity contribution in [1.82, 2.24) is 9.78 Å². The molecule has 1 rings (SSSR count). The van der Waals surface area contributed by atoms with Gasteiger partial charge in [-0.3, -0.25) is 0 Å². The first-order chi connectivity index (χ1) is 9.75. The van der Waals surface area contributed by atoms with Crippen LogP contribution in [-0.2, 0) is 23.6 Å². The topological polar surface area (TPSA) is 64.4 Å². The van der Waals surface area contributed by atoms with E-state index >= 15 is 0 Å². The van der Waals surface area contributed by atoms with Crippen molar-refractivity contribution in [2.75, 3.05) is 7.11 Å². The molecule has 13 heteroatoms. The van der Waals surface area contributed by atoms with Gasteiger partial charge in [0.1, 0.15) is 6.73 Å². The predicted octanol–water partition coefficient (Wildman–Crippen LogP) is 2.86. The third kappa shape index (κ3) is 2.98. The van der Waals surface area contributed by atoms with Gasteiger partial charge >= 0.3 is 24.2 Å². The van der Waals surface area contributed by atoms with Crippen LogP contribution in [0.3, 0.4) is 0 Å². The number of carbonyl (C=O) groups is 1. The van der Waals surface area contributed by atoms with Crippen LogP contribution in [0.4, 0.5) is 35.1 Å². The summed E-state index contributed by atoms with van der Waals surface area (Å²) in [7, 11) is 0.849. The first-order valence-corrected chi connectivity index (χ1v) is 5.10. The number of carboxylic acid groups (broad SMARTS) is 1. The van der Waals surface area contributed by atoms with Crippen LogP contribution < -0.4 is 0 Å². The van der Waals surface area contributed by atoms with Crippen molar-refractivity contribution in [3.8, 4) is 0 Å².